The number of benzene rings is 1. The zero-order valence-corrected chi connectivity index (χ0v) is 13.1. The van der Waals surface area contributed by atoms with Crippen molar-refractivity contribution in [2.24, 2.45) is 5.10 Å². The fourth-order valence-electron chi connectivity index (χ4n) is 2.79. The average Bonchev–Trinajstić information content (AvgIpc) is 3.23. The zero-order valence-electron chi connectivity index (χ0n) is 12.3. The van der Waals surface area contributed by atoms with E-state index in [9.17, 15) is 0 Å². The minimum absolute atomic E-state index is 0.265. The van der Waals surface area contributed by atoms with Crippen LogP contribution in [0.4, 0.5) is 0 Å². The lowest BCUT2D eigenvalue weighted by Crippen LogP contribution is -2.20. The van der Waals surface area contributed by atoms with Gasteiger partial charge in [-0.05, 0) is 49.2 Å². The Morgan fingerprint density at radius 1 is 1.27 bits per heavy atom. The predicted octanol–water partition coefficient (Wildman–Crippen LogP) is 2.07. The van der Waals surface area contributed by atoms with Crippen molar-refractivity contribution in [3.8, 4) is 5.75 Å². The van der Waals surface area contributed by atoms with Crippen molar-refractivity contribution in [3.05, 3.63) is 35.7 Å². The second-order valence-electron chi connectivity index (χ2n) is 5.37. The molecule has 1 fully saturated rings. The Hall–Kier alpha value is -1.86. The molecule has 7 heteroatoms. The molecule has 1 unspecified atom stereocenters. The van der Waals surface area contributed by atoms with Crippen LogP contribution in [-0.2, 0) is 0 Å². The normalized spacial score (nSPS) is 20.6. The Bertz CT molecular complexity index is 703. The van der Waals surface area contributed by atoms with Crippen LogP contribution in [0, 0.1) is 0 Å². The third kappa shape index (κ3) is 2.40. The molecular weight excluding hydrogens is 298 g/mol. The number of nitrogens with zero attached hydrogens (tertiary/aromatic N) is 4. The molecule has 114 valence electrons. The number of rotatable bonds is 3. The fraction of sp³-hybridized carbons (Fsp3) is 0.400. The van der Waals surface area contributed by atoms with Gasteiger partial charge in [0.1, 0.15) is 5.75 Å². The number of nitrogens with one attached hydrogen (secondary N) is 1. The zero-order chi connectivity index (χ0) is 14.9. The number of hydrogen-bond donors (Lipinski definition) is 1. The summed E-state index contributed by atoms with van der Waals surface area (Å²) in [5.41, 5.74) is 2.15. The molecule has 1 atom stereocenters. The molecule has 1 aromatic carbocycles. The summed E-state index contributed by atoms with van der Waals surface area (Å²) in [4.78, 5) is 0. The van der Waals surface area contributed by atoms with Gasteiger partial charge in [-0.25, -0.2) is 0 Å². The summed E-state index contributed by atoms with van der Waals surface area (Å²) in [5, 5.41) is 17.7. The van der Waals surface area contributed by atoms with E-state index in [1.54, 1.807) is 18.9 Å². The number of thioether (sulfide) groups is 1. The lowest BCUT2D eigenvalue weighted by molar-refractivity contribution is 0.415. The van der Waals surface area contributed by atoms with Gasteiger partial charge in [-0.1, -0.05) is 11.8 Å². The van der Waals surface area contributed by atoms with Gasteiger partial charge >= 0.3 is 0 Å². The van der Waals surface area contributed by atoms with Crippen LogP contribution in [0.25, 0.3) is 0 Å². The highest BCUT2D eigenvalue weighted by atomic mass is 32.2. The molecule has 0 amide bonds. The van der Waals surface area contributed by atoms with Crippen LogP contribution in [0.5, 0.6) is 5.75 Å². The topological polar surface area (TPSA) is 64.3 Å². The van der Waals surface area contributed by atoms with E-state index in [0.717, 1.165) is 46.7 Å². The second kappa shape index (κ2) is 5.73. The van der Waals surface area contributed by atoms with Crippen molar-refractivity contribution >= 4 is 17.5 Å². The maximum absolute atomic E-state index is 5.21. The van der Waals surface area contributed by atoms with Crippen LogP contribution in [-0.4, -0.2) is 40.0 Å². The summed E-state index contributed by atoms with van der Waals surface area (Å²) in [6.07, 6.45) is 2.27. The van der Waals surface area contributed by atoms with E-state index in [0.29, 0.717) is 0 Å². The number of hydrogen-bond acceptors (Lipinski definition) is 6. The summed E-state index contributed by atoms with van der Waals surface area (Å²) < 4.78 is 7.11. The van der Waals surface area contributed by atoms with E-state index < -0.39 is 0 Å². The van der Waals surface area contributed by atoms with Crippen molar-refractivity contribution < 1.29 is 4.74 Å². The third-order valence-corrected chi connectivity index (χ3v) is 4.92. The van der Waals surface area contributed by atoms with Crippen molar-refractivity contribution in [1.82, 2.24) is 20.2 Å². The van der Waals surface area contributed by atoms with Crippen molar-refractivity contribution in [2.75, 3.05) is 19.4 Å². The van der Waals surface area contributed by atoms with Gasteiger partial charge in [0.25, 0.3) is 0 Å². The highest BCUT2D eigenvalue weighted by Gasteiger charge is 2.26. The molecule has 1 aromatic heterocycles. The number of fused-ring (bicyclic) bond motifs is 1. The molecule has 4 rings (SSSR count). The first kappa shape index (κ1) is 13.8. The van der Waals surface area contributed by atoms with Crippen molar-refractivity contribution in [1.29, 1.82) is 0 Å². The van der Waals surface area contributed by atoms with E-state index in [1.165, 1.54) is 6.42 Å². The maximum Gasteiger partial charge on any atom is 0.212 e. The lowest BCUT2D eigenvalue weighted by atomic mass is 10.1. The summed E-state index contributed by atoms with van der Waals surface area (Å²) in [5.74, 6) is 2.59. The highest BCUT2D eigenvalue weighted by molar-refractivity contribution is 7.99. The van der Waals surface area contributed by atoms with Crippen molar-refractivity contribution in [2.45, 2.75) is 24.0 Å². The number of methoxy groups -OCH3 is 1. The minimum Gasteiger partial charge on any atom is -0.497 e. The fourth-order valence-corrected chi connectivity index (χ4v) is 3.64. The van der Waals surface area contributed by atoms with E-state index in [1.807, 2.05) is 28.9 Å². The first-order valence-corrected chi connectivity index (χ1v) is 8.37. The molecule has 3 heterocycles. The summed E-state index contributed by atoms with van der Waals surface area (Å²) in [7, 11) is 1.67. The minimum atomic E-state index is 0.265. The van der Waals surface area contributed by atoms with Gasteiger partial charge in [0.05, 0.1) is 18.9 Å². The maximum atomic E-state index is 5.21. The van der Waals surface area contributed by atoms with Crippen LogP contribution in [0.2, 0.25) is 0 Å². The summed E-state index contributed by atoms with van der Waals surface area (Å²) in [6, 6.07) is 8.27. The molecule has 2 aromatic rings. The third-order valence-electron chi connectivity index (χ3n) is 3.99. The Balaban J connectivity index is 1.68. The molecular formula is C15H17N5OS. The van der Waals surface area contributed by atoms with E-state index in [2.05, 4.69) is 15.5 Å². The lowest BCUT2D eigenvalue weighted by Gasteiger charge is -2.16. The van der Waals surface area contributed by atoms with Gasteiger partial charge in [0.2, 0.25) is 5.16 Å². The van der Waals surface area contributed by atoms with Crippen LogP contribution >= 0.6 is 11.8 Å². The molecule has 6 nitrogen and oxygen atoms in total. The first-order valence-electron chi connectivity index (χ1n) is 7.39. The summed E-state index contributed by atoms with van der Waals surface area (Å²) >= 11 is 1.68. The van der Waals surface area contributed by atoms with Gasteiger partial charge in [0.15, 0.2) is 5.82 Å². The largest absolute Gasteiger partial charge is 0.497 e. The molecule has 0 spiro atoms. The van der Waals surface area contributed by atoms with Gasteiger partial charge in [-0.3, -0.25) is 0 Å². The molecule has 0 aliphatic carbocycles. The number of ether oxygens (including phenoxy) is 1. The van der Waals surface area contributed by atoms with E-state index in [-0.39, 0.29) is 6.04 Å². The van der Waals surface area contributed by atoms with Gasteiger partial charge in [-0.2, -0.15) is 9.78 Å². The molecule has 2 aliphatic heterocycles. The van der Waals surface area contributed by atoms with Crippen LogP contribution < -0.4 is 10.1 Å². The van der Waals surface area contributed by atoms with Crippen LogP contribution in [0.15, 0.2) is 34.5 Å². The van der Waals surface area contributed by atoms with Crippen LogP contribution in [0.3, 0.4) is 0 Å². The molecule has 0 radical (unpaired) electrons. The van der Waals surface area contributed by atoms with Gasteiger partial charge in [0, 0.05) is 5.75 Å². The first-order chi connectivity index (χ1) is 10.8. The smallest absolute Gasteiger partial charge is 0.212 e. The van der Waals surface area contributed by atoms with Crippen molar-refractivity contribution in [3.63, 3.8) is 0 Å². The Morgan fingerprint density at radius 3 is 2.86 bits per heavy atom. The molecule has 22 heavy (non-hydrogen) atoms. The Labute approximate surface area is 133 Å². The SMILES string of the molecule is COc1ccc(C2=Nn3c(nnc3C3CCCN3)SC2)cc1. The number of aromatic nitrogens is 3. The standard InChI is InChI=1S/C15H17N5OS/c1-21-11-6-4-10(5-7-11)13-9-22-15-18-17-14(20(15)19-13)12-3-2-8-16-12/h4-7,12,16H,2-3,8-9H2,1H3. The second-order valence-corrected chi connectivity index (χ2v) is 6.31. The predicted molar refractivity (Wildman–Crippen MR) is 85.7 cm³/mol. The quantitative estimate of drug-likeness (QED) is 0.939. The molecule has 1 N–H and O–H groups in total. The van der Waals surface area contributed by atoms with Crippen LogP contribution in [0.1, 0.15) is 30.3 Å². The molecule has 2 aliphatic rings. The highest BCUT2D eigenvalue weighted by Crippen LogP contribution is 2.29. The average molecular weight is 315 g/mol. The molecule has 1 saturated heterocycles. The van der Waals surface area contributed by atoms with E-state index >= 15 is 0 Å². The Morgan fingerprint density at radius 2 is 2.14 bits per heavy atom. The van der Waals surface area contributed by atoms with E-state index in [4.69, 9.17) is 9.84 Å². The monoisotopic (exact) mass is 315 g/mol. The Kier molecular flexibility index (Phi) is 3.59. The van der Waals surface area contributed by atoms with Gasteiger partial charge < -0.3 is 10.1 Å². The summed E-state index contributed by atoms with van der Waals surface area (Å²) in [6.45, 7) is 1.04. The van der Waals surface area contributed by atoms with Gasteiger partial charge in [-0.15, -0.1) is 10.2 Å². The molecule has 0 saturated carbocycles. The molecule has 0 bridgehead atoms.